The van der Waals surface area contributed by atoms with E-state index in [9.17, 15) is 0 Å². The Morgan fingerprint density at radius 1 is 0.302 bits per heavy atom. The standard InChI is InChI=1S/C59H37N3O/c1-4-17-38(18-5-1)55-60-56(62-57(61-55)40-33-36-53-47(37-40)45-24-11-15-30-52(45)63-53)39-31-34-43(35-32-39)58(41-19-6-2-7-20-41)49-27-13-14-28-50(49)59(42-21-8-3-9-22-42)48-26-12-10-23-44(48)46-25-16-29-51(58)54(46)59/h1-37H. The highest BCUT2D eigenvalue weighted by Crippen LogP contribution is 2.65. The number of para-hydroxylation sites is 1. The minimum Gasteiger partial charge on any atom is -0.456 e. The van der Waals surface area contributed by atoms with Crippen molar-refractivity contribution < 1.29 is 4.42 Å². The summed E-state index contributed by atoms with van der Waals surface area (Å²) < 4.78 is 6.18. The molecular weight excluding hydrogens is 767 g/mol. The SMILES string of the molecule is c1ccc(-c2nc(-c3ccc(C4(c5ccccc5)c5ccccc5C5(c6ccccc6)c6ccccc6-c6cccc4c65)cc3)nc(-c3ccc4oc5ccccc5c4c3)n2)cc1. The van der Waals surface area contributed by atoms with E-state index in [-0.39, 0.29) is 0 Å². The predicted octanol–water partition coefficient (Wildman–Crippen LogP) is 13.8. The van der Waals surface area contributed by atoms with Gasteiger partial charge in [0, 0.05) is 27.5 Å². The van der Waals surface area contributed by atoms with E-state index in [4.69, 9.17) is 19.4 Å². The minimum atomic E-state index is -0.649. The van der Waals surface area contributed by atoms with Crippen molar-refractivity contribution >= 4 is 21.9 Å². The van der Waals surface area contributed by atoms with Crippen molar-refractivity contribution in [3.8, 4) is 45.3 Å². The number of fused-ring (bicyclic) bond motifs is 8. The Labute approximate surface area is 364 Å². The fourth-order valence-electron chi connectivity index (χ4n) is 10.9. The summed E-state index contributed by atoms with van der Waals surface area (Å²) in [5, 5.41) is 2.09. The van der Waals surface area contributed by atoms with E-state index >= 15 is 0 Å². The monoisotopic (exact) mass is 803 g/mol. The van der Waals surface area contributed by atoms with Gasteiger partial charge in [-0.3, -0.25) is 0 Å². The van der Waals surface area contributed by atoms with Gasteiger partial charge in [0.25, 0.3) is 0 Å². The summed E-state index contributed by atoms with van der Waals surface area (Å²) in [7, 11) is 0. The molecule has 294 valence electrons. The molecule has 0 bridgehead atoms. The zero-order chi connectivity index (χ0) is 41.5. The van der Waals surface area contributed by atoms with E-state index in [2.05, 4.69) is 176 Å². The van der Waals surface area contributed by atoms with Gasteiger partial charge in [-0.2, -0.15) is 0 Å². The third kappa shape index (κ3) is 5.00. The molecule has 13 rings (SSSR count). The molecule has 0 aliphatic heterocycles. The van der Waals surface area contributed by atoms with Crippen LogP contribution in [0.1, 0.15) is 44.5 Å². The van der Waals surface area contributed by atoms with Gasteiger partial charge in [0.2, 0.25) is 0 Å². The van der Waals surface area contributed by atoms with Gasteiger partial charge in [-0.25, -0.2) is 15.0 Å². The van der Waals surface area contributed by atoms with Crippen molar-refractivity contribution in [3.05, 3.63) is 269 Å². The first-order valence-corrected chi connectivity index (χ1v) is 21.5. The van der Waals surface area contributed by atoms with Crippen LogP contribution in [-0.4, -0.2) is 15.0 Å². The van der Waals surface area contributed by atoms with Crippen molar-refractivity contribution in [2.24, 2.45) is 0 Å². The molecular formula is C59H37N3O. The number of hydrogen-bond acceptors (Lipinski definition) is 4. The summed E-state index contributed by atoms with van der Waals surface area (Å²) in [6, 6.07) is 80.8. The van der Waals surface area contributed by atoms with Gasteiger partial charge in [-0.1, -0.05) is 200 Å². The van der Waals surface area contributed by atoms with Crippen molar-refractivity contribution in [3.63, 3.8) is 0 Å². The lowest BCUT2D eigenvalue weighted by Gasteiger charge is -2.49. The highest BCUT2D eigenvalue weighted by molar-refractivity contribution is 6.06. The fraction of sp³-hybridized carbons (Fsp3) is 0.0339. The quantitative estimate of drug-likeness (QED) is 0.168. The van der Waals surface area contributed by atoms with Crippen LogP contribution >= 0.6 is 0 Å². The third-order valence-corrected chi connectivity index (χ3v) is 13.5. The molecule has 2 unspecified atom stereocenters. The van der Waals surface area contributed by atoms with Crippen LogP contribution < -0.4 is 0 Å². The van der Waals surface area contributed by atoms with Gasteiger partial charge >= 0.3 is 0 Å². The zero-order valence-corrected chi connectivity index (χ0v) is 34.1. The fourth-order valence-corrected chi connectivity index (χ4v) is 10.9. The number of rotatable bonds is 6. The van der Waals surface area contributed by atoms with Gasteiger partial charge < -0.3 is 4.42 Å². The Morgan fingerprint density at radius 2 is 0.778 bits per heavy atom. The normalized spacial score (nSPS) is 17.0. The maximum absolute atomic E-state index is 6.18. The molecule has 2 aliphatic rings. The lowest BCUT2D eigenvalue weighted by atomic mass is 9.52. The Balaban J connectivity index is 1.04. The molecule has 9 aromatic carbocycles. The topological polar surface area (TPSA) is 51.8 Å². The largest absolute Gasteiger partial charge is 0.456 e. The molecule has 2 atom stereocenters. The smallest absolute Gasteiger partial charge is 0.164 e. The molecule has 0 amide bonds. The molecule has 0 N–H and O–H groups in total. The van der Waals surface area contributed by atoms with Crippen LogP contribution in [0.4, 0.5) is 0 Å². The predicted molar refractivity (Wildman–Crippen MR) is 253 cm³/mol. The molecule has 0 saturated heterocycles. The summed E-state index contributed by atoms with van der Waals surface area (Å²) in [6.07, 6.45) is 0. The summed E-state index contributed by atoms with van der Waals surface area (Å²) >= 11 is 0. The first kappa shape index (κ1) is 35.5. The van der Waals surface area contributed by atoms with Crippen LogP contribution in [0.2, 0.25) is 0 Å². The van der Waals surface area contributed by atoms with Gasteiger partial charge in [0.15, 0.2) is 17.5 Å². The van der Waals surface area contributed by atoms with Gasteiger partial charge in [0.05, 0.1) is 10.8 Å². The number of hydrogen-bond donors (Lipinski definition) is 0. The summed E-state index contributed by atoms with van der Waals surface area (Å²) in [5.41, 5.74) is 16.0. The van der Waals surface area contributed by atoms with E-state index in [1.165, 1.54) is 55.6 Å². The molecule has 4 heteroatoms. The number of furan rings is 1. The van der Waals surface area contributed by atoms with Gasteiger partial charge in [-0.15, -0.1) is 0 Å². The lowest BCUT2D eigenvalue weighted by molar-refractivity contribution is 0.627. The molecule has 11 aromatic rings. The average molecular weight is 804 g/mol. The molecule has 0 spiro atoms. The van der Waals surface area contributed by atoms with Crippen LogP contribution in [0.5, 0.6) is 0 Å². The van der Waals surface area contributed by atoms with Crippen molar-refractivity contribution in [2.75, 3.05) is 0 Å². The molecule has 0 fully saturated rings. The highest BCUT2D eigenvalue weighted by atomic mass is 16.3. The molecule has 2 aromatic heterocycles. The third-order valence-electron chi connectivity index (χ3n) is 13.5. The van der Waals surface area contributed by atoms with Crippen LogP contribution in [0.25, 0.3) is 67.2 Å². The Kier molecular flexibility index (Phi) is 7.70. The van der Waals surface area contributed by atoms with E-state index < -0.39 is 10.8 Å². The first-order chi connectivity index (χ1) is 31.2. The number of nitrogens with zero attached hydrogens (tertiary/aromatic N) is 3. The van der Waals surface area contributed by atoms with Gasteiger partial charge in [0.1, 0.15) is 11.2 Å². The van der Waals surface area contributed by atoms with E-state index in [1.54, 1.807) is 0 Å². The van der Waals surface area contributed by atoms with Crippen molar-refractivity contribution in [1.29, 1.82) is 0 Å². The average Bonchev–Trinajstić information content (AvgIpc) is 3.89. The molecule has 0 saturated carbocycles. The maximum atomic E-state index is 6.18. The highest BCUT2D eigenvalue weighted by Gasteiger charge is 2.57. The Hall–Kier alpha value is -8.21. The lowest BCUT2D eigenvalue weighted by Crippen LogP contribution is -2.44. The second-order valence-corrected chi connectivity index (χ2v) is 16.6. The summed E-state index contributed by atoms with van der Waals surface area (Å²) in [6.45, 7) is 0. The summed E-state index contributed by atoms with van der Waals surface area (Å²) in [4.78, 5) is 15.4. The molecule has 2 aliphatic carbocycles. The van der Waals surface area contributed by atoms with Crippen LogP contribution in [-0.2, 0) is 10.8 Å². The second-order valence-electron chi connectivity index (χ2n) is 16.6. The zero-order valence-electron chi connectivity index (χ0n) is 34.1. The van der Waals surface area contributed by atoms with E-state index in [1.807, 2.05) is 48.5 Å². The van der Waals surface area contributed by atoms with Crippen molar-refractivity contribution in [1.82, 2.24) is 15.0 Å². The van der Waals surface area contributed by atoms with Crippen LogP contribution in [0.15, 0.2) is 229 Å². The second kappa shape index (κ2) is 13.7. The number of aromatic nitrogens is 3. The van der Waals surface area contributed by atoms with Crippen LogP contribution in [0.3, 0.4) is 0 Å². The maximum Gasteiger partial charge on any atom is 0.164 e. The Morgan fingerprint density at radius 3 is 1.49 bits per heavy atom. The van der Waals surface area contributed by atoms with Gasteiger partial charge in [-0.05, 0) is 79.9 Å². The molecule has 4 nitrogen and oxygen atoms in total. The molecule has 2 heterocycles. The minimum absolute atomic E-state index is 0.501. The first-order valence-electron chi connectivity index (χ1n) is 21.5. The Bertz CT molecular complexity index is 3560. The number of benzene rings is 9. The molecule has 0 radical (unpaired) electrons. The van der Waals surface area contributed by atoms with E-state index in [0.29, 0.717) is 17.5 Å². The molecule has 63 heavy (non-hydrogen) atoms. The summed E-state index contributed by atoms with van der Waals surface area (Å²) in [5.74, 6) is 1.84. The van der Waals surface area contributed by atoms with Crippen molar-refractivity contribution in [2.45, 2.75) is 10.8 Å². The van der Waals surface area contributed by atoms with Crippen LogP contribution in [0, 0.1) is 0 Å². The van der Waals surface area contributed by atoms with E-state index in [0.717, 1.165) is 38.6 Å².